The molecule has 0 radical (unpaired) electrons. The Kier molecular flexibility index (Phi) is 5.02. The van der Waals surface area contributed by atoms with Crippen molar-refractivity contribution in [2.24, 2.45) is 0 Å². The molecule has 2 amide bonds. The second kappa shape index (κ2) is 7.39. The van der Waals surface area contributed by atoms with Gasteiger partial charge in [0.1, 0.15) is 0 Å². The Hall–Kier alpha value is -3.15. The second-order valence-corrected chi connectivity index (χ2v) is 5.96. The van der Waals surface area contributed by atoms with E-state index in [-0.39, 0.29) is 16.7 Å². The Morgan fingerprint density at radius 3 is 2.04 bits per heavy atom. The molecule has 1 aliphatic rings. The Balaban J connectivity index is 1.73. The zero-order valence-electron chi connectivity index (χ0n) is 14.8. The van der Waals surface area contributed by atoms with Gasteiger partial charge in [0.25, 0.3) is 11.8 Å². The van der Waals surface area contributed by atoms with Crippen molar-refractivity contribution in [2.45, 2.75) is 20.3 Å². The summed E-state index contributed by atoms with van der Waals surface area (Å²) in [6.07, 6.45) is 1.03. The highest BCUT2D eigenvalue weighted by Gasteiger charge is 2.38. The van der Waals surface area contributed by atoms with E-state index < -0.39 is 17.8 Å². The van der Waals surface area contributed by atoms with E-state index >= 15 is 0 Å². The third-order valence-corrected chi connectivity index (χ3v) is 4.27. The summed E-state index contributed by atoms with van der Waals surface area (Å²) in [7, 11) is 0. The van der Waals surface area contributed by atoms with Crippen molar-refractivity contribution in [3.05, 3.63) is 65.2 Å². The largest absolute Gasteiger partial charge is 0.372 e. The quantitative estimate of drug-likeness (QED) is 0.746. The molecule has 0 unspecified atom stereocenters. The first-order valence-corrected chi connectivity index (χ1v) is 8.62. The summed E-state index contributed by atoms with van der Waals surface area (Å²) in [6.45, 7) is 5.97. The molecular formula is C20H20N2O4. The van der Waals surface area contributed by atoms with E-state index in [9.17, 15) is 14.4 Å². The van der Waals surface area contributed by atoms with Crippen LogP contribution in [0.2, 0.25) is 0 Å². The molecule has 1 heterocycles. The predicted molar refractivity (Wildman–Crippen MR) is 97.0 cm³/mol. The molecule has 3 rings (SSSR count). The van der Waals surface area contributed by atoms with E-state index in [1.165, 1.54) is 12.1 Å². The second-order valence-electron chi connectivity index (χ2n) is 5.96. The molecule has 0 aliphatic carbocycles. The summed E-state index contributed by atoms with van der Waals surface area (Å²) in [6, 6.07) is 13.3. The summed E-state index contributed by atoms with van der Waals surface area (Å²) in [5.74, 6) is -2.00. The fourth-order valence-corrected chi connectivity index (χ4v) is 2.93. The number of hydroxylamine groups is 2. The summed E-state index contributed by atoms with van der Waals surface area (Å²) in [5.41, 5.74) is 1.75. The molecule has 2 aromatic rings. The van der Waals surface area contributed by atoms with Gasteiger partial charge >= 0.3 is 5.97 Å². The minimum Gasteiger partial charge on any atom is -0.372 e. The molecule has 0 saturated heterocycles. The molecule has 1 aliphatic heterocycles. The normalized spacial score (nSPS) is 12.9. The molecule has 2 aromatic carbocycles. The lowest BCUT2D eigenvalue weighted by atomic mass is 10.1. The van der Waals surface area contributed by atoms with E-state index in [0.717, 1.165) is 25.2 Å². The van der Waals surface area contributed by atoms with Crippen LogP contribution in [0, 0.1) is 0 Å². The third kappa shape index (κ3) is 3.18. The van der Waals surface area contributed by atoms with Crippen LogP contribution < -0.4 is 4.90 Å². The van der Waals surface area contributed by atoms with E-state index in [4.69, 9.17) is 4.84 Å². The van der Waals surface area contributed by atoms with E-state index in [1.54, 1.807) is 24.3 Å². The maximum Gasteiger partial charge on any atom is 0.363 e. The number of anilines is 1. The van der Waals surface area contributed by atoms with Gasteiger partial charge < -0.3 is 9.74 Å². The van der Waals surface area contributed by atoms with Gasteiger partial charge in [-0.3, -0.25) is 9.59 Å². The molecule has 0 aromatic heterocycles. The van der Waals surface area contributed by atoms with Crippen LogP contribution in [0.3, 0.4) is 0 Å². The van der Waals surface area contributed by atoms with Gasteiger partial charge in [-0.25, -0.2) is 4.79 Å². The van der Waals surface area contributed by atoms with Crippen LogP contribution >= 0.6 is 0 Å². The first kappa shape index (κ1) is 17.7. The van der Waals surface area contributed by atoms with Gasteiger partial charge in [0.2, 0.25) is 0 Å². The van der Waals surface area contributed by atoms with Crippen LogP contribution in [0.5, 0.6) is 0 Å². The Morgan fingerprint density at radius 2 is 1.54 bits per heavy atom. The highest BCUT2D eigenvalue weighted by atomic mass is 16.7. The zero-order chi connectivity index (χ0) is 18.7. The highest BCUT2D eigenvalue weighted by Crippen LogP contribution is 2.24. The predicted octanol–water partition coefficient (Wildman–Crippen LogP) is 3.29. The van der Waals surface area contributed by atoms with Crippen LogP contribution in [-0.2, 0) is 4.84 Å². The van der Waals surface area contributed by atoms with Crippen LogP contribution in [-0.4, -0.2) is 35.9 Å². The smallest absolute Gasteiger partial charge is 0.363 e. The minimum atomic E-state index is -0.746. The van der Waals surface area contributed by atoms with Gasteiger partial charge in [0.15, 0.2) is 0 Å². The molecule has 0 bridgehead atoms. The number of carbonyl (C=O) groups is 3. The number of hydrogen-bond donors (Lipinski definition) is 0. The van der Waals surface area contributed by atoms with Crippen LogP contribution in [0.25, 0.3) is 0 Å². The zero-order valence-corrected chi connectivity index (χ0v) is 14.8. The van der Waals surface area contributed by atoms with Crippen LogP contribution in [0.4, 0.5) is 5.69 Å². The topological polar surface area (TPSA) is 66.9 Å². The number of nitrogens with zero attached hydrogens (tertiary/aromatic N) is 2. The Bertz CT molecular complexity index is 810. The van der Waals surface area contributed by atoms with Crippen molar-refractivity contribution in [3.63, 3.8) is 0 Å². The fourth-order valence-electron chi connectivity index (χ4n) is 2.93. The van der Waals surface area contributed by atoms with E-state index in [0.29, 0.717) is 5.06 Å². The number of benzene rings is 2. The van der Waals surface area contributed by atoms with E-state index in [1.807, 2.05) is 12.1 Å². The summed E-state index contributed by atoms with van der Waals surface area (Å²) in [5, 5.41) is 0.524. The van der Waals surface area contributed by atoms with Crippen molar-refractivity contribution < 1.29 is 19.2 Å². The lowest BCUT2D eigenvalue weighted by molar-refractivity contribution is -0.0584. The average Bonchev–Trinajstić information content (AvgIpc) is 2.91. The third-order valence-electron chi connectivity index (χ3n) is 4.27. The van der Waals surface area contributed by atoms with Gasteiger partial charge in [-0.1, -0.05) is 24.1 Å². The maximum absolute atomic E-state index is 12.3. The van der Waals surface area contributed by atoms with Gasteiger partial charge in [0.05, 0.1) is 16.7 Å². The average molecular weight is 352 g/mol. The Morgan fingerprint density at radius 1 is 0.962 bits per heavy atom. The number of imide groups is 1. The first-order chi connectivity index (χ1) is 12.6. The summed E-state index contributed by atoms with van der Waals surface area (Å²) >= 11 is 0. The number of hydrogen-bond acceptors (Lipinski definition) is 5. The molecule has 134 valence electrons. The van der Waals surface area contributed by atoms with Crippen LogP contribution in [0.15, 0.2) is 48.5 Å². The summed E-state index contributed by atoms with van der Waals surface area (Å²) in [4.78, 5) is 44.1. The number of fused-ring (bicyclic) bond motifs is 1. The molecule has 0 saturated carbocycles. The van der Waals surface area contributed by atoms with Crippen molar-refractivity contribution in [3.8, 4) is 0 Å². The molecule has 0 spiro atoms. The number of rotatable bonds is 6. The van der Waals surface area contributed by atoms with Crippen LogP contribution in [0.1, 0.15) is 51.3 Å². The molecule has 6 nitrogen and oxygen atoms in total. The number of amides is 2. The molecule has 26 heavy (non-hydrogen) atoms. The molecule has 0 fully saturated rings. The van der Waals surface area contributed by atoms with Gasteiger partial charge in [-0.2, -0.15) is 0 Å². The van der Waals surface area contributed by atoms with Crippen molar-refractivity contribution in [2.75, 3.05) is 18.0 Å². The van der Waals surface area contributed by atoms with Gasteiger partial charge in [-0.15, -0.1) is 0 Å². The molecular weight excluding hydrogens is 332 g/mol. The lowest BCUT2D eigenvalue weighted by Crippen LogP contribution is -2.32. The molecule has 6 heteroatoms. The highest BCUT2D eigenvalue weighted by molar-refractivity contribution is 6.21. The van der Waals surface area contributed by atoms with Crippen molar-refractivity contribution >= 4 is 23.5 Å². The fraction of sp³-hybridized carbons (Fsp3) is 0.250. The lowest BCUT2D eigenvalue weighted by Gasteiger charge is -2.22. The Labute approximate surface area is 151 Å². The van der Waals surface area contributed by atoms with E-state index in [2.05, 4.69) is 18.7 Å². The maximum atomic E-state index is 12.3. The molecule has 0 N–H and O–H groups in total. The SMILES string of the molecule is CCCN(CC)c1ccc(C(=O)ON2C(=O)c3ccccc3C2=O)cc1. The molecule has 0 atom stereocenters. The van der Waals surface area contributed by atoms with Gasteiger partial charge in [-0.05, 0) is 49.7 Å². The van der Waals surface area contributed by atoms with Crippen molar-refractivity contribution in [1.82, 2.24) is 5.06 Å². The summed E-state index contributed by atoms with van der Waals surface area (Å²) < 4.78 is 0. The van der Waals surface area contributed by atoms with Crippen molar-refractivity contribution in [1.29, 1.82) is 0 Å². The monoisotopic (exact) mass is 352 g/mol. The van der Waals surface area contributed by atoms with Gasteiger partial charge in [0, 0.05) is 18.8 Å². The standard InChI is InChI=1S/C20H20N2O4/c1-3-13-21(4-2)15-11-9-14(10-12-15)20(25)26-22-18(23)16-7-5-6-8-17(16)19(22)24/h5-12H,3-4,13H2,1-2H3. The minimum absolute atomic E-state index is 0.235. The number of carbonyl (C=O) groups excluding carboxylic acids is 3. The first-order valence-electron chi connectivity index (χ1n) is 8.62.